The third kappa shape index (κ3) is 8.46. The number of rotatable bonds is 11. The lowest BCUT2D eigenvalue weighted by atomic mass is 10.0. The number of nitrogens with one attached hydrogen (secondary N) is 1. The van der Waals surface area contributed by atoms with Crippen molar-refractivity contribution >= 4 is 50.7 Å². The zero-order chi connectivity index (χ0) is 29.6. The van der Waals surface area contributed by atoms with Crippen LogP contribution in [-0.4, -0.2) is 50.0 Å². The average Bonchev–Trinajstić information content (AvgIpc) is 2.87. The molecule has 1 N–H and O–H groups in total. The number of carbonyl (C=O) groups is 2. The summed E-state index contributed by atoms with van der Waals surface area (Å²) >= 11 is 12.6. The molecule has 0 aliphatic heterocycles. The highest BCUT2D eigenvalue weighted by atomic mass is 35.5. The fourth-order valence-electron chi connectivity index (χ4n) is 4.26. The van der Waals surface area contributed by atoms with E-state index in [1.165, 1.54) is 4.90 Å². The number of hydrogen-bond acceptors (Lipinski definition) is 4. The van der Waals surface area contributed by atoms with Crippen molar-refractivity contribution in [2.24, 2.45) is 0 Å². The summed E-state index contributed by atoms with van der Waals surface area (Å²) in [7, 11) is -3.84. The molecule has 0 aliphatic carbocycles. The molecule has 0 bridgehead atoms. The maximum Gasteiger partial charge on any atom is 0.244 e. The van der Waals surface area contributed by atoms with E-state index >= 15 is 0 Å². The van der Waals surface area contributed by atoms with E-state index in [0.717, 1.165) is 27.3 Å². The number of benzene rings is 3. The Morgan fingerprint density at radius 3 is 2.17 bits per heavy atom. The van der Waals surface area contributed by atoms with Gasteiger partial charge in [-0.15, -0.1) is 0 Å². The van der Waals surface area contributed by atoms with Gasteiger partial charge >= 0.3 is 0 Å². The topological polar surface area (TPSA) is 86.8 Å². The quantitative estimate of drug-likeness (QED) is 0.312. The van der Waals surface area contributed by atoms with Gasteiger partial charge in [0, 0.05) is 29.1 Å². The lowest BCUT2D eigenvalue weighted by Gasteiger charge is -2.34. The van der Waals surface area contributed by atoms with E-state index in [1.54, 1.807) is 30.3 Å². The number of nitrogens with zero attached hydrogens (tertiary/aromatic N) is 2. The minimum absolute atomic E-state index is 0.0254. The molecule has 0 saturated heterocycles. The molecule has 10 heteroatoms. The van der Waals surface area contributed by atoms with Crippen molar-refractivity contribution in [1.82, 2.24) is 10.2 Å². The van der Waals surface area contributed by atoms with Crippen molar-refractivity contribution < 1.29 is 18.0 Å². The first-order chi connectivity index (χ1) is 18.8. The van der Waals surface area contributed by atoms with Crippen LogP contribution in [0.15, 0.2) is 66.7 Å². The normalized spacial score (nSPS) is 12.2. The number of anilines is 1. The van der Waals surface area contributed by atoms with Gasteiger partial charge in [0.2, 0.25) is 21.8 Å². The molecule has 7 nitrogen and oxygen atoms in total. The van der Waals surface area contributed by atoms with Gasteiger partial charge < -0.3 is 10.2 Å². The summed E-state index contributed by atoms with van der Waals surface area (Å²) < 4.78 is 26.9. The molecule has 0 spiro atoms. The van der Waals surface area contributed by atoms with Crippen LogP contribution in [0.25, 0.3) is 0 Å². The zero-order valence-corrected chi connectivity index (χ0v) is 25.6. The average molecular weight is 605 g/mol. The number of sulfonamides is 1. The van der Waals surface area contributed by atoms with Crippen molar-refractivity contribution in [2.45, 2.75) is 52.7 Å². The van der Waals surface area contributed by atoms with Crippen LogP contribution in [0.5, 0.6) is 0 Å². The minimum atomic E-state index is -3.84. The first-order valence-electron chi connectivity index (χ1n) is 12.9. The van der Waals surface area contributed by atoms with Crippen molar-refractivity contribution in [2.75, 3.05) is 17.1 Å². The smallest absolute Gasteiger partial charge is 0.244 e. The summed E-state index contributed by atoms with van der Waals surface area (Å²) in [6.07, 6.45) is 1.28. The summed E-state index contributed by atoms with van der Waals surface area (Å²) in [4.78, 5) is 29.1. The van der Waals surface area contributed by atoms with E-state index in [9.17, 15) is 18.0 Å². The van der Waals surface area contributed by atoms with Crippen molar-refractivity contribution in [3.63, 3.8) is 0 Å². The number of aryl methyl sites for hydroxylation is 2. The van der Waals surface area contributed by atoms with Crippen LogP contribution in [-0.2, 0) is 32.6 Å². The number of halogens is 2. The fourth-order valence-corrected chi connectivity index (χ4v) is 5.57. The molecule has 0 saturated carbocycles. The van der Waals surface area contributed by atoms with E-state index < -0.39 is 28.5 Å². The largest absolute Gasteiger partial charge is 0.352 e. The first-order valence-corrected chi connectivity index (χ1v) is 15.5. The van der Waals surface area contributed by atoms with Gasteiger partial charge in [-0.05, 0) is 74.2 Å². The summed E-state index contributed by atoms with van der Waals surface area (Å²) in [6, 6.07) is 18.4. The van der Waals surface area contributed by atoms with Crippen molar-refractivity contribution in [3.8, 4) is 0 Å². The Bertz CT molecular complexity index is 1460. The summed E-state index contributed by atoms with van der Waals surface area (Å²) in [5.41, 5.74) is 3.68. The third-order valence-corrected chi connectivity index (χ3v) is 8.24. The van der Waals surface area contributed by atoms with Crippen molar-refractivity contribution in [1.29, 1.82) is 0 Å². The van der Waals surface area contributed by atoms with E-state index in [0.29, 0.717) is 21.3 Å². The van der Waals surface area contributed by atoms with Gasteiger partial charge in [0.05, 0.1) is 11.9 Å². The molecule has 0 heterocycles. The Morgan fingerprint density at radius 1 is 0.925 bits per heavy atom. The Hall–Kier alpha value is -3.07. The second-order valence-corrected chi connectivity index (χ2v) is 12.9. The van der Waals surface area contributed by atoms with Crippen LogP contribution < -0.4 is 9.62 Å². The number of hydrogen-bond donors (Lipinski definition) is 1. The minimum Gasteiger partial charge on any atom is -0.352 e. The SMILES string of the molecule is Cc1ccc(N(CC(=O)N(Cc2ccc(Cl)cc2Cl)[C@@H](Cc2ccccc2)C(=O)NC(C)C)S(C)(=O)=O)cc1C. The molecule has 1 atom stereocenters. The van der Waals surface area contributed by atoms with Gasteiger partial charge in [-0.25, -0.2) is 8.42 Å². The maximum atomic E-state index is 14.1. The summed E-state index contributed by atoms with van der Waals surface area (Å²) in [6.45, 7) is 6.96. The molecular formula is C30H35Cl2N3O4S. The lowest BCUT2D eigenvalue weighted by Crippen LogP contribution is -2.54. The van der Waals surface area contributed by atoms with E-state index in [2.05, 4.69) is 5.32 Å². The Labute approximate surface area is 247 Å². The highest BCUT2D eigenvalue weighted by molar-refractivity contribution is 7.92. The number of carbonyl (C=O) groups excluding carboxylic acids is 2. The van der Waals surface area contributed by atoms with Gasteiger partial charge in [-0.3, -0.25) is 13.9 Å². The standard InChI is InChI=1S/C30H35Cl2N3O4S/c1-20(2)33-30(37)28(16-23-9-7-6-8-10-23)34(18-24-12-13-25(31)17-27(24)32)29(36)19-35(40(5,38)39)26-14-11-21(3)22(4)15-26/h6-15,17,20,28H,16,18-19H2,1-5H3,(H,33,37)/t28-/m0/s1. The van der Waals surface area contributed by atoms with E-state index in [-0.39, 0.29) is 24.9 Å². The Kier molecular flexibility index (Phi) is 10.6. The highest BCUT2D eigenvalue weighted by Gasteiger charge is 2.33. The Morgan fingerprint density at radius 2 is 1.60 bits per heavy atom. The van der Waals surface area contributed by atoms with Crippen molar-refractivity contribution in [3.05, 3.63) is 99.0 Å². The van der Waals surface area contributed by atoms with Gasteiger partial charge in [-0.2, -0.15) is 0 Å². The third-order valence-electron chi connectivity index (χ3n) is 6.52. The molecule has 0 unspecified atom stereocenters. The van der Waals surface area contributed by atoms with E-state index in [1.807, 2.05) is 64.1 Å². The van der Waals surface area contributed by atoms with Crippen LogP contribution >= 0.6 is 23.2 Å². The molecule has 3 aromatic rings. The van der Waals surface area contributed by atoms with Crippen LogP contribution in [0.3, 0.4) is 0 Å². The molecule has 3 rings (SSSR count). The molecule has 0 fully saturated rings. The molecule has 0 radical (unpaired) electrons. The zero-order valence-electron chi connectivity index (χ0n) is 23.3. The molecule has 0 aromatic heterocycles. The molecule has 0 aliphatic rings. The highest BCUT2D eigenvalue weighted by Crippen LogP contribution is 2.26. The van der Waals surface area contributed by atoms with Crippen LogP contribution in [0.2, 0.25) is 10.0 Å². The monoisotopic (exact) mass is 603 g/mol. The predicted octanol–water partition coefficient (Wildman–Crippen LogP) is 5.54. The van der Waals surface area contributed by atoms with Gasteiger partial charge in [-0.1, -0.05) is 65.7 Å². The number of amides is 2. The summed E-state index contributed by atoms with van der Waals surface area (Å²) in [5, 5.41) is 3.69. The van der Waals surface area contributed by atoms with Gasteiger partial charge in [0.15, 0.2) is 0 Å². The Balaban J connectivity index is 2.09. The molecule has 2 amide bonds. The molecular weight excluding hydrogens is 569 g/mol. The second-order valence-electron chi connectivity index (χ2n) is 10.2. The van der Waals surface area contributed by atoms with E-state index in [4.69, 9.17) is 23.2 Å². The predicted molar refractivity (Wildman–Crippen MR) is 162 cm³/mol. The maximum absolute atomic E-state index is 14.1. The summed E-state index contributed by atoms with van der Waals surface area (Å²) in [5.74, 6) is -0.899. The fraction of sp³-hybridized carbons (Fsp3) is 0.333. The van der Waals surface area contributed by atoms with Gasteiger partial charge in [0.25, 0.3) is 0 Å². The molecule has 3 aromatic carbocycles. The van der Waals surface area contributed by atoms with Crippen LogP contribution in [0, 0.1) is 13.8 Å². The first kappa shape index (κ1) is 31.5. The van der Waals surface area contributed by atoms with Crippen LogP contribution in [0.1, 0.15) is 36.1 Å². The molecule has 214 valence electrons. The molecule has 40 heavy (non-hydrogen) atoms. The van der Waals surface area contributed by atoms with Gasteiger partial charge in [0.1, 0.15) is 12.6 Å². The van der Waals surface area contributed by atoms with Crippen LogP contribution in [0.4, 0.5) is 5.69 Å². The second kappa shape index (κ2) is 13.5. The lowest BCUT2D eigenvalue weighted by molar-refractivity contribution is -0.140.